The highest BCUT2D eigenvalue weighted by molar-refractivity contribution is 6.06. The molecule has 34 heavy (non-hydrogen) atoms. The molecule has 0 atom stereocenters. The molecule has 0 unspecified atom stereocenters. The standard InChI is InChI=1S/C25H32N6O3/c1-4-6-7-12-27-28-16-20-9-8-10-23(29-20)30-24(32)21-14-19-17-31(25(33)26-5-2)13-11-18(19)15-22(21)34-3/h8-10,12,14-16H,4-7,11,13,17H2,1-3H3,(H,26,33)(H,29,30,32)/b27-12+,28-16+. The van der Waals surface area contributed by atoms with Crippen LogP contribution in [0.2, 0.25) is 0 Å². The molecular weight excluding hydrogens is 432 g/mol. The van der Waals surface area contributed by atoms with Gasteiger partial charge in [0.25, 0.3) is 5.91 Å². The van der Waals surface area contributed by atoms with Crippen LogP contribution >= 0.6 is 0 Å². The normalized spacial score (nSPS) is 13.2. The van der Waals surface area contributed by atoms with E-state index in [9.17, 15) is 9.59 Å². The molecule has 1 aromatic carbocycles. The first kappa shape index (κ1) is 24.9. The second-order valence-electron chi connectivity index (χ2n) is 7.91. The van der Waals surface area contributed by atoms with E-state index in [4.69, 9.17) is 4.74 Å². The Balaban J connectivity index is 1.73. The molecule has 0 aliphatic carbocycles. The molecule has 0 bridgehead atoms. The molecule has 9 nitrogen and oxygen atoms in total. The van der Waals surface area contributed by atoms with Gasteiger partial charge < -0.3 is 20.3 Å². The summed E-state index contributed by atoms with van der Waals surface area (Å²) < 4.78 is 5.49. The SMILES string of the molecule is CCCC/C=N/N=C/c1cccc(NC(=O)c2cc3c(cc2OC)CCN(C(=O)NCC)C3)n1. The van der Waals surface area contributed by atoms with E-state index in [1.54, 1.807) is 48.7 Å². The van der Waals surface area contributed by atoms with Gasteiger partial charge in [0.15, 0.2) is 0 Å². The van der Waals surface area contributed by atoms with E-state index in [2.05, 4.69) is 32.7 Å². The summed E-state index contributed by atoms with van der Waals surface area (Å²) in [6.07, 6.45) is 7.11. The number of rotatable bonds is 9. The molecule has 1 aromatic heterocycles. The Labute approximate surface area is 200 Å². The molecule has 0 spiro atoms. The van der Waals surface area contributed by atoms with Gasteiger partial charge in [-0.05, 0) is 61.6 Å². The third-order valence-electron chi connectivity index (χ3n) is 5.43. The van der Waals surface area contributed by atoms with Crippen molar-refractivity contribution in [2.45, 2.75) is 46.1 Å². The van der Waals surface area contributed by atoms with Crippen LogP contribution in [0.4, 0.5) is 10.6 Å². The van der Waals surface area contributed by atoms with Crippen molar-refractivity contribution in [2.24, 2.45) is 10.2 Å². The van der Waals surface area contributed by atoms with Crippen LogP contribution < -0.4 is 15.4 Å². The predicted octanol–water partition coefficient (Wildman–Crippen LogP) is 4.03. The number of ether oxygens (including phenoxy) is 1. The van der Waals surface area contributed by atoms with Crippen molar-refractivity contribution in [2.75, 3.05) is 25.5 Å². The Bertz CT molecular complexity index is 1070. The van der Waals surface area contributed by atoms with Crippen LogP contribution in [-0.2, 0) is 13.0 Å². The number of hydrogen-bond donors (Lipinski definition) is 2. The van der Waals surface area contributed by atoms with E-state index in [0.29, 0.717) is 48.9 Å². The van der Waals surface area contributed by atoms with Gasteiger partial charge in [0.1, 0.15) is 11.6 Å². The second kappa shape index (κ2) is 12.5. The third-order valence-corrected chi connectivity index (χ3v) is 5.43. The lowest BCUT2D eigenvalue weighted by Gasteiger charge is -2.29. The van der Waals surface area contributed by atoms with Gasteiger partial charge >= 0.3 is 6.03 Å². The van der Waals surface area contributed by atoms with Crippen molar-refractivity contribution in [3.8, 4) is 5.75 Å². The quantitative estimate of drug-likeness (QED) is 0.332. The van der Waals surface area contributed by atoms with Crippen molar-refractivity contribution >= 4 is 30.2 Å². The van der Waals surface area contributed by atoms with Crippen molar-refractivity contribution in [1.29, 1.82) is 0 Å². The minimum atomic E-state index is -0.339. The summed E-state index contributed by atoms with van der Waals surface area (Å²) >= 11 is 0. The van der Waals surface area contributed by atoms with Gasteiger partial charge in [-0.15, -0.1) is 0 Å². The fraction of sp³-hybridized carbons (Fsp3) is 0.400. The van der Waals surface area contributed by atoms with Gasteiger partial charge in [-0.3, -0.25) is 4.79 Å². The van der Waals surface area contributed by atoms with Gasteiger partial charge in [0.05, 0.1) is 24.6 Å². The summed E-state index contributed by atoms with van der Waals surface area (Å²) in [4.78, 5) is 31.5. The zero-order valence-electron chi connectivity index (χ0n) is 20.0. The molecule has 0 fully saturated rings. The summed E-state index contributed by atoms with van der Waals surface area (Å²) in [6, 6.07) is 8.86. The van der Waals surface area contributed by atoms with Crippen LogP contribution in [0.3, 0.4) is 0 Å². The van der Waals surface area contributed by atoms with E-state index in [1.807, 2.05) is 13.0 Å². The molecular formula is C25H32N6O3. The molecule has 3 amide bonds. The fourth-order valence-corrected chi connectivity index (χ4v) is 3.64. The summed E-state index contributed by atoms with van der Waals surface area (Å²) in [6.45, 7) is 5.64. The van der Waals surface area contributed by atoms with Gasteiger partial charge in [0, 0.05) is 25.8 Å². The van der Waals surface area contributed by atoms with Crippen LogP contribution in [-0.4, -0.2) is 54.5 Å². The van der Waals surface area contributed by atoms with Crippen LogP contribution in [0.15, 0.2) is 40.5 Å². The van der Waals surface area contributed by atoms with Gasteiger partial charge in [-0.2, -0.15) is 10.2 Å². The Morgan fingerprint density at radius 3 is 2.82 bits per heavy atom. The number of methoxy groups -OCH3 is 1. The molecule has 1 aliphatic rings. The number of nitrogens with one attached hydrogen (secondary N) is 2. The first-order valence-corrected chi connectivity index (χ1v) is 11.6. The average molecular weight is 465 g/mol. The van der Waals surface area contributed by atoms with Crippen LogP contribution in [0.1, 0.15) is 60.3 Å². The predicted molar refractivity (Wildman–Crippen MR) is 134 cm³/mol. The maximum atomic E-state index is 13.1. The Hall–Kier alpha value is -3.75. The Kier molecular flexibility index (Phi) is 9.13. The summed E-state index contributed by atoms with van der Waals surface area (Å²) in [5.74, 6) is 0.545. The number of pyridine rings is 1. The number of aromatic nitrogens is 1. The van der Waals surface area contributed by atoms with E-state index in [0.717, 1.165) is 30.4 Å². The number of carbonyl (C=O) groups excluding carboxylic acids is 2. The number of nitrogens with zero attached hydrogens (tertiary/aromatic N) is 4. The van der Waals surface area contributed by atoms with E-state index < -0.39 is 0 Å². The lowest BCUT2D eigenvalue weighted by molar-refractivity contribution is 0.102. The minimum Gasteiger partial charge on any atom is -0.496 e. The summed E-state index contributed by atoms with van der Waals surface area (Å²) in [5.41, 5.74) is 2.98. The fourth-order valence-electron chi connectivity index (χ4n) is 3.64. The average Bonchev–Trinajstić information content (AvgIpc) is 2.85. The summed E-state index contributed by atoms with van der Waals surface area (Å²) in [5, 5.41) is 13.7. The van der Waals surface area contributed by atoms with Gasteiger partial charge in [-0.1, -0.05) is 19.4 Å². The zero-order valence-corrected chi connectivity index (χ0v) is 20.0. The molecule has 0 radical (unpaired) electrons. The highest BCUT2D eigenvalue weighted by Gasteiger charge is 2.24. The maximum absolute atomic E-state index is 13.1. The number of fused-ring (bicyclic) bond motifs is 1. The number of carbonyl (C=O) groups is 2. The van der Waals surface area contributed by atoms with E-state index in [1.165, 1.54) is 0 Å². The first-order chi connectivity index (χ1) is 16.5. The molecule has 2 N–H and O–H groups in total. The van der Waals surface area contributed by atoms with Crippen molar-refractivity contribution in [3.05, 3.63) is 52.7 Å². The highest BCUT2D eigenvalue weighted by atomic mass is 16.5. The Morgan fingerprint density at radius 1 is 1.21 bits per heavy atom. The monoisotopic (exact) mass is 464 g/mol. The van der Waals surface area contributed by atoms with Crippen LogP contribution in [0.5, 0.6) is 5.75 Å². The van der Waals surface area contributed by atoms with E-state index in [-0.39, 0.29) is 11.9 Å². The molecule has 0 saturated heterocycles. The molecule has 0 saturated carbocycles. The van der Waals surface area contributed by atoms with Crippen molar-refractivity contribution < 1.29 is 14.3 Å². The topological polar surface area (TPSA) is 108 Å². The molecule has 2 aromatic rings. The van der Waals surface area contributed by atoms with Crippen molar-refractivity contribution in [1.82, 2.24) is 15.2 Å². The number of hydrogen-bond acceptors (Lipinski definition) is 6. The highest BCUT2D eigenvalue weighted by Crippen LogP contribution is 2.28. The van der Waals surface area contributed by atoms with Gasteiger partial charge in [0.2, 0.25) is 0 Å². The van der Waals surface area contributed by atoms with Crippen LogP contribution in [0.25, 0.3) is 0 Å². The lowest BCUT2D eigenvalue weighted by Crippen LogP contribution is -2.42. The van der Waals surface area contributed by atoms with Gasteiger partial charge in [-0.25, -0.2) is 9.78 Å². The molecule has 180 valence electrons. The third kappa shape index (κ3) is 6.63. The largest absolute Gasteiger partial charge is 0.496 e. The molecule has 9 heteroatoms. The zero-order chi connectivity index (χ0) is 24.3. The smallest absolute Gasteiger partial charge is 0.317 e. The molecule has 3 rings (SSSR count). The first-order valence-electron chi connectivity index (χ1n) is 11.6. The number of unbranched alkanes of at least 4 members (excludes halogenated alkanes) is 2. The number of urea groups is 1. The summed E-state index contributed by atoms with van der Waals surface area (Å²) in [7, 11) is 1.54. The number of amides is 3. The molecule has 2 heterocycles. The van der Waals surface area contributed by atoms with E-state index >= 15 is 0 Å². The maximum Gasteiger partial charge on any atom is 0.317 e. The number of anilines is 1. The number of benzene rings is 1. The minimum absolute atomic E-state index is 0.104. The molecule has 1 aliphatic heterocycles. The lowest BCUT2D eigenvalue weighted by atomic mass is 9.96. The second-order valence-corrected chi connectivity index (χ2v) is 7.91. The Morgan fingerprint density at radius 2 is 2.06 bits per heavy atom. The van der Waals surface area contributed by atoms with Crippen molar-refractivity contribution in [3.63, 3.8) is 0 Å². The van der Waals surface area contributed by atoms with Crippen LogP contribution in [0, 0.1) is 0 Å².